The van der Waals surface area contributed by atoms with E-state index in [0.29, 0.717) is 11.5 Å². The molecule has 1 amide bonds. The molecule has 1 saturated heterocycles. The number of nitrogens with zero attached hydrogens (tertiary/aromatic N) is 4. The summed E-state index contributed by atoms with van der Waals surface area (Å²) in [7, 11) is 2.17. The summed E-state index contributed by atoms with van der Waals surface area (Å²) in [6.45, 7) is 7.30. The quantitative estimate of drug-likeness (QED) is 0.370. The van der Waals surface area contributed by atoms with E-state index in [1.54, 1.807) is 6.20 Å². The van der Waals surface area contributed by atoms with Crippen molar-refractivity contribution in [2.75, 3.05) is 43.9 Å². The maximum atomic E-state index is 13.0. The van der Waals surface area contributed by atoms with Gasteiger partial charge in [0, 0.05) is 61.4 Å². The summed E-state index contributed by atoms with van der Waals surface area (Å²) >= 11 is 0. The molecule has 4 aromatic rings. The average molecular weight is 493 g/mol. The Balaban J connectivity index is 1.24. The molecule has 0 bridgehead atoms. The number of hydrogen-bond acceptors (Lipinski definition) is 6. The number of benzene rings is 3. The minimum atomic E-state index is -0.158. The molecule has 1 aromatic heterocycles. The number of amides is 1. The van der Waals surface area contributed by atoms with Gasteiger partial charge in [0.25, 0.3) is 5.91 Å². The van der Waals surface area contributed by atoms with Gasteiger partial charge in [-0.1, -0.05) is 48.5 Å². The van der Waals surface area contributed by atoms with Crippen LogP contribution in [0.3, 0.4) is 0 Å². The van der Waals surface area contributed by atoms with Crippen LogP contribution in [-0.2, 0) is 6.54 Å². The molecule has 1 aliphatic rings. The van der Waals surface area contributed by atoms with Crippen LogP contribution >= 0.6 is 0 Å². The molecule has 2 heterocycles. The molecule has 5 rings (SSSR count). The van der Waals surface area contributed by atoms with Crippen LogP contribution in [0.25, 0.3) is 11.3 Å². The Morgan fingerprint density at radius 2 is 1.68 bits per heavy atom. The molecular formula is C30H32N6O. The molecule has 1 aliphatic heterocycles. The summed E-state index contributed by atoms with van der Waals surface area (Å²) in [6, 6.07) is 25.6. The molecule has 3 aromatic carbocycles. The highest BCUT2D eigenvalue weighted by molar-refractivity contribution is 6.05. The number of aromatic nitrogens is 2. The maximum Gasteiger partial charge on any atom is 0.255 e. The van der Waals surface area contributed by atoms with E-state index in [4.69, 9.17) is 0 Å². The molecule has 7 nitrogen and oxygen atoms in total. The lowest BCUT2D eigenvalue weighted by Gasteiger charge is -2.32. The Labute approximate surface area is 218 Å². The van der Waals surface area contributed by atoms with Crippen LogP contribution in [-0.4, -0.2) is 58.9 Å². The van der Waals surface area contributed by atoms with Gasteiger partial charge in [-0.2, -0.15) is 0 Å². The lowest BCUT2D eigenvalue weighted by atomic mass is 10.1. The van der Waals surface area contributed by atoms with Gasteiger partial charge in [0.2, 0.25) is 5.95 Å². The third kappa shape index (κ3) is 6.39. The zero-order valence-electron chi connectivity index (χ0n) is 21.3. The second-order valence-corrected chi connectivity index (χ2v) is 9.52. The number of hydrogen-bond donors (Lipinski definition) is 2. The molecule has 0 unspecified atom stereocenters. The fraction of sp³-hybridized carbons (Fsp3) is 0.233. The van der Waals surface area contributed by atoms with Crippen LogP contribution in [0.15, 0.2) is 85.1 Å². The van der Waals surface area contributed by atoms with Gasteiger partial charge in [-0.15, -0.1) is 0 Å². The number of anilines is 3. The molecule has 1 fully saturated rings. The first kappa shape index (κ1) is 24.6. The van der Waals surface area contributed by atoms with E-state index in [1.165, 1.54) is 5.56 Å². The summed E-state index contributed by atoms with van der Waals surface area (Å²) < 4.78 is 0. The van der Waals surface area contributed by atoms with Crippen LogP contribution in [0, 0.1) is 6.92 Å². The van der Waals surface area contributed by atoms with Crippen molar-refractivity contribution in [1.29, 1.82) is 0 Å². The minimum Gasteiger partial charge on any atom is -0.324 e. The van der Waals surface area contributed by atoms with Crippen molar-refractivity contribution in [3.05, 3.63) is 102 Å². The Morgan fingerprint density at radius 1 is 0.919 bits per heavy atom. The van der Waals surface area contributed by atoms with E-state index in [1.807, 2.05) is 73.7 Å². The largest absolute Gasteiger partial charge is 0.324 e. The molecule has 0 aliphatic carbocycles. The molecule has 7 heteroatoms. The summed E-state index contributed by atoms with van der Waals surface area (Å²) in [4.78, 5) is 26.9. The fourth-order valence-electron chi connectivity index (χ4n) is 4.37. The minimum absolute atomic E-state index is 0.158. The van der Waals surface area contributed by atoms with Crippen molar-refractivity contribution in [2.45, 2.75) is 13.5 Å². The SMILES string of the molecule is Cc1ccc(C(=O)Nc2ccc(CN3CCN(C)CC3)cc2)cc1Nc1nccc(-c2ccccc2)n1. The van der Waals surface area contributed by atoms with E-state index in [9.17, 15) is 4.79 Å². The normalized spacial score (nSPS) is 14.3. The van der Waals surface area contributed by atoms with Crippen LogP contribution in [0.2, 0.25) is 0 Å². The first-order valence-corrected chi connectivity index (χ1v) is 12.6. The smallest absolute Gasteiger partial charge is 0.255 e. The van der Waals surface area contributed by atoms with Crippen LogP contribution in [0.1, 0.15) is 21.5 Å². The zero-order chi connectivity index (χ0) is 25.6. The van der Waals surface area contributed by atoms with E-state index < -0.39 is 0 Å². The van der Waals surface area contributed by atoms with Gasteiger partial charge in [0.15, 0.2) is 0 Å². The van der Waals surface area contributed by atoms with Crippen molar-refractivity contribution >= 4 is 23.2 Å². The topological polar surface area (TPSA) is 73.4 Å². The van der Waals surface area contributed by atoms with Gasteiger partial charge in [-0.05, 0) is 55.4 Å². The molecule has 37 heavy (non-hydrogen) atoms. The van der Waals surface area contributed by atoms with Gasteiger partial charge < -0.3 is 15.5 Å². The van der Waals surface area contributed by atoms with Crippen molar-refractivity contribution in [1.82, 2.24) is 19.8 Å². The summed E-state index contributed by atoms with van der Waals surface area (Å²) in [5.41, 5.74) is 6.24. The predicted molar refractivity (Wildman–Crippen MR) is 149 cm³/mol. The number of carbonyl (C=O) groups is 1. The Bertz CT molecular complexity index is 1350. The maximum absolute atomic E-state index is 13.0. The second-order valence-electron chi connectivity index (χ2n) is 9.52. The number of nitrogens with one attached hydrogen (secondary N) is 2. The molecule has 0 radical (unpaired) electrons. The van der Waals surface area contributed by atoms with E-state index in [0.717, 1.165) is 60.9 Å². The number of rotatable bonds is 7. The van der Waals surface area contributed by atoms with E-state index in [2.05, 4.69) is 49.6 Å². The highest BCUT2D eigenvalue weighted by Crippen LogP contribution is 2.23. The Morgan fingerprint density at radius 3 is 2.43 bits per heavy atom. The molecular weight excluding hydrogens is 460 g/mol. The van der Waals surface area contributed by atoms with Gasteiger partial charge in [0.05, 0.1) is 5.69 Å². The standard InChI is InChI=1S/C30H32N6O/c1-22-8-11-25(20-28(22)34-30-31-15-14-27(33-30)24-6-4-3-5-7-24)29(37)32-26-12-9-23(10-13-26)21-36-18-16-35(2)17-19-36/h3-15,20H,16-19,21H2,1-2H3,(H,32,37)(H,31,33,34). The summed E-state index contributed by atoms with van der Waals surface area (Å²) in [5.74, 6) is 0.326. The highest BCUT2D eigenvalue weighted by atomic mass is 16.1. The highest BCUT2D eigenvalue weighted by Gasteiger charge is 2.14. The molecule has 0 spiro atoms. The fourth-order valence-corrected chi connectivity index (χ4v) is 4.37. The van der Waals surface area contributed by atoms with Gasteiger partial charge in [-0.25, -0.2) is 9.97 Å². The molecule has 188 valence electrons. The van der Waals surface area contributed by atoms with Crippen molar-refractivity contribution < 1.29 is 4.79 Å². The van der Waals surface area contributed by atoms with Crippen LogP contribution in [0.5, 0.6) is 0 Å². The average Bonchev–Trinajstić information content (AvgIpc) is 2.93. The van der Waals surface area contributed by atoms with Gasteiger partial charge >= 0.3 is 0 Å². The van der Waals surface area contributed by atoms with Crippen LogP contribution in [0.4, 0.5) is 17.3 Å². The first-order valence-electron chi connectivity index (χ1n) is 12.6. The number of carbonyl (C=O) groups excluding carboxylic acids is 1. The number of aryl methyl sites for hydroxylation is 1. The zero-order valence-corrected chi connectivity index (χ0v) is 21.3. The van der Waals surface area contributed by atoms with Crippen LogP contribution < -0.4 is 10.6 Å². The Kier molecular flexibility index (Phi) is 7.54. The van der Waals surface area contributed by atoms with Crippen molar-refractivity contribution in [3.63, 3.8) is 0 Å². The van der Waals surface area contributed by atoms with Crippen molar-refractivity contribution in [3.8, 4) is 11.3 Å². The van der Waals surface area contributed by atoms with E-state index >= 15 is 0 Å². The first-order chi connectivity index (χ1) is 18.0. The van der Waals surface area contributed by atoms with Crippen molar-refractivity contribution in [2.24, 2.45) is 0 Å². The van der Waals surface area contributed by atoms with Gasteiger partial charge in [0.1, 0.15) is 0 Å². The lowest BCUT2D eigenvalue weighted by Crippen LogP contribution is -2.43. The van der Waals surface area contributed by atoms with E-state index in [-0.39, 0.29) is 5.91 Å². The monoisotopic (exact) mass is 492 g/mol. The molecule has 0 saturated carbocycles. The number of likely N-dealkylation sites (N-methyl/N-ethyl adjacent to an activating group) is 1. The third-order valence-electron chi connectivity index (χ3n) is 6.69. The second kappa shape index (κ2) is 11.3. The Hall–Kier alpha value is -4.07. The number of piperazine rings is 1. The molecule has 0 atom stereocenters. The summed E-state index contributed by atoms with van der Waals surface area (Å²) in [6.07, 6.45) is 1.73. The molecule has 2 N–H and O–H groups in total. The lowest BCUT2D eigenvalue weighted by molar-refractivity contribution is 0.102. The predicted octanol–water partition coefficient (Wildman–Crippen LogP) is 5.20. The van der Waals surface area contributed by atoms with Gasteiger partial charge in [-0.3, -0.25) is 9.69 Å². The summed E-state index contributed by atoms with van der Waals surface area (Å²) in [5, 5.41) is 6.30. The third-order valence-corrected chi connectivity index (χ3v) is 6.69.